The van der Waals surface area contributed by atoms with Crippen LogP contribution in [0.3, 0.4) is 0 Å². The van der Waals surface area contributed by atoms with Gasteiger partial charge in [-0.3, -0.25) is 9.48 Å². The first-order valence-electron chi connectivity index (χ1n) is 12.0. The first-order chi connectivity index (χ1) is 17.4. The average molecular weight is 484 g/mol. The van der Waals surface area contributed by atoms with Crippen molar-refractivity contribution < 1.29 is 9.53 Å². The number of ether oxygens (including phenoxy) is 1. The first kappa shape index (κ1) is 23.6. The number of methoxy groups -OCH3 is 1. The maximum Gasteiger partial charge on any atom is 0.246 e. The Bertz CT molecular complexity index is 1540. The fourth-order valence-electron chi connectivity index (χ4n) is 5.14. The van der Waals surface area contributed by atoms with E-state index in [9.17, 15) is 4.79 Å². The van der Waals surface area contributed by atoms with Crippen molar-refractivity contribution in [1.82, 2.24) is 29.2 Å². The molecule has 0 radical (unpaired) electrons. The third-order valence-corrected chi connectivity index (χ3v) is 6.79. The molecule has 4 heterocycles. The van der Waals surface area contributed by atoms with Crippen LogP contribution in [-0.2, 0) is 16.1 Å². The lowest BCUT2D eigenvalue weighted by atomic mass is 10.1. The summed E-state index contributed by atoms with van der Waals surface area (Å²) < 4.78 is 9.46. The summed E-state index contributed by atoms with van der Waals surface area (Å²) in [6.45, 7) is 9.57. The zero-order chi connectivity index (χ0) is 25.4. The number of pyridine rings is 1. The van der Waals surface area contributed by atoms with Crippen molar-refractivity contribution >= 4 is 33.7 Å². The van der Waals surface area contributed by atoms with Gasteiger partial charge in [0.2, 0.25) is 5.91 Å². The van der Waals surface area contributed by atoms with Gasteiger partial charge in [-0.2, -0.15) is 5.10 Å². The number of nitrogens with zero attached hydrogens (tertiary/aromatic N) is 6. The summed E-state index contributed by atoms with van der Waals surface area (Å²) in [5.41, 5.74) is 10.5. The molecule has 5 rings (SSSR count). The number of nitrogens with two attached hydrogens (primary N) is 1. The zero-order valence-electron chi connectivity index (χ0n) is 20.7. The molecule has 0 spiro atoms. The van der Waals surface area contributed by atoms with Gasteiger partial charge in [0, 0.05) is 32.0 Å². The van der Waals surface area contributed by atoms with Crippen LogP contribution in [0, 0.1) is 18.8 Å². The Hall–Kier alpha value is -4.16. The van der Waals surface area contributed by atoms with Crippen molar-refractivity contribution in [3.63, 3.8) is 0 Å². The molecule has 0 bridgehead atoms. The molecule has 9 nitrogen and oxygen atoms in total. The second-order valence-electron chi connectivity index (χ2n) is 8.93. The molecule has 1 saturated heterocycles. The molecule has 1 aliphatic heterocycles. The molecule has 2 atom stereocenters. The number of aromatic nitrogens is 5. The number of fused-ring (bicyclic) bond motifs is 2. The van der Waals surface area contributed by atoms with E-state index < -0.39 is 0 Å². The molecule has 4 aromatic rings. The SMILES string of the molecule is C=CC(=O)N1C[C@@H](n2nc(C#Cc3ccc4c(c3)nc(C)n4CC)c3c(N)nccc32)C[C@@H]1COC. The summed E-state index contributed by atoms with van der Waals surface area (Å²) in [7, 11) is 1.64. The summed E-state index contributed by atoms with van der Waals surface area (Å²) in [5, 5.41) is 5.57. The van der Waals surface area contributed by atoms with E-state index in [0.29, 0.717) is 36.5 Å². The van der Waals surface area contributed by atoms with Crippen molar-refractivity contribution in [3.8, 4) is 11.8 Å². The molecule has 1 aliphatic rings. The minimum absolute atomic E-state index is 0.0498. The molecule has 2 N–H and O–H groups in total. The number of amides is 1. The van der Waals surface area contributed by atoms with Gasteiger partial charge in [0.05, 0.1) is 40.6 Å². The van der Waals surface area contributed by atoms with E-state index in [4.69, 9.17) is 15.6 Å². The highest BCUT2D eigenvalue weighted by Crippen LogP contribution is 2.32. The number of benzene rings is 1. The molecule has 3 aromatic heterocycles. The molecular formula is C27H29N7O2. The maximum absolute atomic E-state index is 12.5. The molecule has 1 fully saturated rings. The minimum atomic E-state index is -0.117. The van der Waals surface area contributed by atoms with Crippen LogP contribution in [0.1, 0.15) is 36.5 Å². The van der Waals surface area contributed by atoms with Crippen LogP contribution in [0.4, 0.5) is 5.82 Å². The van der Waals surface area contributed by atoms with Crippen molar-refractivity contribution in [2.24, 2.45) is 0 Å². The van der Waals surface area contributed by atoms with E-state index in [-0.39, 0.29) is 18.0 Å². The Balaban J connectivity index is 1.54. The van der Waals surface area contributed by atoms with E-state index in [1.54, 1.807) is 18.2 Å². The Labute approximate surface area is 209 Å². The number of aryl methyl sites for hydroxylation is 2. The Morgan fingerprint density at radius 1 is 1.31 bits per heavy atom. The van der Waals surface area contributed by atoms with Gasteiger partial charge in [-0.15, -0.1) is 0 Å². The Kier molecular flexibility index (Phi) is 6.20. The highest BCUT2D eigenvalue weighted by molar-refractivity contribution is 5.93. The van der Waals surface area contributed by atoms with Crippen LogP contribution in [0.5, 0.6) is 0 Å². The van der Waals surface area contributed by atoms with Gasteiger partial charge in [0.15, 0.2) is 0 Å². The lowest BCUT2D eigenvalue weighted by molar-refractivity contribution is -0.127. The third kappa shape index (κ3) is 3.99. The van der Waals surface area contributed by atoms with Gasteiger partial charge in [0.1, 0.15) is 17.3 Å². The van der Waals surface area contributed by atoms with Gasteiger partial charge in [-0.25, -0.2) is 9.97 Å². The number of nitrogen functional groups attached to an aromatic ring is 1. The molecule has 0 aliphatic carbocycles. The average Bonchev–Trinajstić information content (AvgIpc) is 3.55. The predicted octanol–water partition coefficient (Wildman–Crippen LogP) is 3.07. The summed E-state index contributed by atoms with van der Waals surface area (Å²) in [4.78, 5) is 23.2. The minimum Gasteiger partial charge on any atom is -0.383 e. The predicted molar refractivity (Wildman–Crippen MR) is 139 cm³/mol. The lowest BCUT2D eigenvalue weighted by Crippen LogP contribution is -2.37. The molecule has 1 amide bonds. The van der Waals surface area contributed by atoms with E-state index in [1.807, 2.05) is 29.8 Å². The van der Waals surface area contributed by atoms with Crippen LogP contribution in [0.15, 0.2) is 43.1 Å². The molecule has 0 saturated carbocycles. The fourth-order valence-corrected chi connectivity index (χ4v) is 5.14. The Morgan fingerprint density at radius 3 is 2.89 bits per heavy atom. The highest BCUT2D eigenvalue weighted by Gasteiger charge is 2.36. The summed E-state index contributed by atoms with van der Waals surface area (Å²) in [5.74, 6) is 7.68. The highest BCUT2D eigenvalue weighted by atomic mass is 16.5. The monoisotopic (exact) mass is 483 g/mol. The van der Waals surface area contributed by atoms with Crippen molar-refractivity contribution in [2.75, 3.05) is 26.0 Å². The smallest absolute Gasteiger partial charge is 0.246 e. The van der Waals surface area contributed by atoms with E-state index in [1.165, 1.54) is 6.08 Å². The van der Waals surface area contributed by atoms with Crippen LogP contribution >= 0.6 is 0 Å². The third-order valence-electron chi connectivity index (χ3n) is 6.79. The largest absolute Gasteiger partial charge is 0.383 e. The molecule has 0 unspecified atom stereocenters. The standard InChI is InChI=1S/C27H29N7O2/c1-5-25(35)33-15-19(14-20(33)16-36-4)34-24-11-12-29-27(28)26(24)21(31-34)9-7-18-8-10-23-22(13-18)30-17(3)32(23)6-2/h5,8,10-13,19-20H,1,6,14-16H2,2-4H3,(H2,28,29)/t19-,20+/m0/s1. The topological polar surface area (TPSA) is 104 Å². The number of imidazole rings is 1. The number of hydrogen-bond donors (Lipinski definition) is 1. The van der Waals surface area contributed by atoms with E-state index >= 15 is 0 Å². The number of carbonyl (C=O) groups is 1. The molecular weight excluding hydrogens is 454 g/mol. The summed E-state index contributed by atoms with van der Waals surface area (Å²) in [6, 6.07) is 7.82. The van der Waals surface area contributed by atoms with E-state index in [0.717, 1.165) is 34.5 Å². The van der Waals surface area contributed by atoms with Gasteiger partial charge in [0.25, 0.3) is 0 Å². The number of rotatable bonds is 5. The van der Waals surface area contributed by atoms with Gasteiger partial charge in [-0.1, -0.05) is 12.5 Å². The number of likely N-dealkylation sites (tertiary alicyclic amines) is 1. The zero-order valence-corrected chi connectivity index (χ0v) is 20.7. The first-order valence-corrected chi connectivity index (χ1v) is 12.0. The molecule has 184 valence electrons. The number of carbonyl (C=O) groups excluding carboxylic acids is 1. The number of hydrogen-bond acceptors (Lipinski definition) is 6. The lowest BCUT2D eigenvalue weighted by Gasteiger charge is -2.22. The van der Waals surface area contributed by atoms with Crippen LogP contribution < -0.4 is 5.73 Å². The molecule has 1 aromatic carbocycles. The normalized spacial score (nSPS) is 17.5. The van der Waals surface area contributed by atoms with Gasteiger partial charge >= 0.3 is 0 Å². The van der Waals surface area contributed by atoms with Crippen molar-refractivity contribution in [2.45, 2.75) is 38.9 Å². The quantitative estimate of drug-likeness (QED) is 0.346. The maximum atomic E-state index is 12.5. The van der Waals surface area contributed by atoms with Crippen LogP contribution in [0.25, 0.3) is 21.9 Å². The summed E-state index contributed by atoms with van der Waals surface area (Å²) in [6.07, 6.45) is 3.71. The molecule has 9 heteroatoms. The Morgan fingerprint density at radius 2 is 2.14 bits per heavy atom. The van der Waals surface area contributed by atoms with Gasteiger partial charge in [-0.05, 0) is 56.5 Å². The van der Waals surface area contributed by atoms with Crippen LogP contribution in [-0.4, -0.2) is 61.4 Å². The molecule has 36 heavy (non-hydrogen) atoms. The van der Waals surface area contributed by atoms with Crippen molar-refractivity contribution in [3.05, 3.63) is 60.2 Å². The van der Waals surface area contributed by atoms with Crippen LogP contribution in [0.2, 0.25) is 0 Å². The van der Waals surface area contributed by atoms with Gasteiger partial charge < -0.3 is 19.9 Å². The second kappa shape index (κ2) is 9.47. The summed E-state index contributed by atoms with van der Waals surface area (Å²) >= 11 is 0. The van der Waals surface area contributed by atoms with E-state index in [2.05, 4.69) is 45.9 Å². The number of anilines is 1. The fraction of sp³-hybridized carbons (Fsp3) is 0.333. The van der Waals surface area contributed by atoms with Crippen molar-refractivity contribution in [1.29, 1.82) is 0 Å². The second-order valence-corrected chi connectivity index (χ2v) is 8.93.